The first-order chi connectivity index (χ1) is 14.5. The van der Waals surface area contributed by atoms with Crippen LogP contribution in [-0.4, -0.2) is 15.7 Å². The predicted molar refractivity (Wildman–Crippen MR) is 118 cm³/mol. The van der Waals surface area contributed by atoms with Crippen LogP contribution in [0.4, 0.5) is 5.69 Å². The maximum atomic E-state index is 12.0. The van der Waals surface area contributed by atoms with Crippen molar-refractivity contribution in [1.82, 2.24) is 4.98 Å². The van der Waals surface area contributed by atoms with Gasteiger partial charge in [-0.25, -0.2) is 16.5 Å². The first-order valence-corrected chi connectivity index (χ1v) is 11.5. The maximum Gasteiger partial charge on any atom is 0.190 e. The fourth-order valence-corrected chi connectivity index (χ4v) is 7.34. The largest absolute Gasteiger partial charge is 0.389 e. The number of fused-ring (bicyclic) bond motifs is 5. The summed E-state index contributed by atoms with van der Waals surface area (Å²) in [6, 6.07) is 9.53. The van der Waals surface area contributed by atoms with Gasteiger partial charge in [0, 0.05) is 32.7 Å². The Hall–Kier alpha value is -1.08. The molecule has 5 rings (SSSR count). The third kappa shape index (κ3) is 3.64. The van der Waals surface area contributed by atoms with Gasteiger partial charge in [0.25, 0.3) is 0 Å². The Morgan fingerprint density at radius 2 is 2.06 bits per heavy atom. The number of rotatable bonds is 2. The molecule has 31 heavy (non-hydrogen) atoms. The molecule has 4 heteroatoms. The van der Waals surface area contributed by atoms with Gasteiger partial charge >= 0.3 is 0 Å². The van der Waals surface area contributed by atoms with Crippen molar-refractivity contribution in [3.05, 3.63) is 70.3 Å². The Balaban J connectivity index is 0.00000231. The summed E-state index contributed by atoms with van der Waals surface area (Å²) in [5.41, 5.74) is 5.31. The third-order valence-electron chi connectivity index (χ3n) is 9.02. The number of aromatic nitrogens is 1. The Morgan fingerprint density at radius 3 is 2.81 bits per heavy atom. The molecule has 1 radical (unpaired) electrons. The molecule has 3 nitrogen and oxygen atoms in total. The van der Waals surface area contributed by atoms with Crippen molar-refractivity contribution in [3.8, 4) is 0 Å². The van der Waals surface area contributed by atoms with Crippen LogP contribution in [0.5, 0.6) is 0 Å². The van der Waals surface area contributed by atoms with Gasteiger partial charge in [-0.2, -0.15) is 6.07 Å². The Bertz CT molecular complexity index is 1000. The first kappa shape index (κ1) is 23.1. The molecular weight excluding hydrogens is 457 g/mol. The molecule has 0 saturated heterocycles. The number of nitrogens with zero attached hydrogens (tertiary/aromatic N) is 2. The van der Waals surface area contributed by atoms with Crippen molar-refractivity contribution in [2.45, 2.75) is 76.7 Å². The second kappa shape index (κ2) is 8.70. The molecule has 2 saturated carbocycles. The number of aliphatic hydroxyl groups is 1. The quantitative estimate of drug-likeness (QED) is 0.530. The van der Waals surface area contributed by atoms with Crippen LogP contribution in [-0.2, 0) is 45.6 Å². The van der Waals surface area contributed by atoms with Gasteiger partial charge in [0.1, 0.15) is 0 Å². The van der Waals surface area contributed by atoms with Gasteiger partial charge in [-0.05, 0) is 86.2 Å². The van der Waals surface area contributed by atoms with Crippen LogP contribution in [0.3, 0.4) is 0 Å². The predicted octanol–water partition coefficient (Wildman–Crippen LogP) is 5.96. The zero-order valence-electron chi connectivity index (χ0n) is 18.7. The van der Waals surface area contributed by atoms with Crippen LogP contribution >= 0.6 is 0 Å². The summed E-state index contributed by atoms with van der Waals surface area (Å²) in [5, 5.41) is 12.0. The van der Waals surface area contributed by atoms with E-state index in [-0.39, 0.29) is 38.1 Å². The third-order valence-corrected chi connectivity index (χ3v) is 9.02. The number of pyridine rings is 1. The molecule has 3 unspecified atom stereocenters. The molecule has 0 amide bonds. The van der Waals surface area contributed by atoms with Crippen LogP contribution in [0.2, 0.25) is 0 Å². The zero-order chi connectivity index (χ0) is 20.9. The van der Waals surface area contributed by atoms with Crippen molar-refractivity contribution in [2.24, 2.45) is 17.3 Å². The Labute approximate surface area is 211 Å². The van der Waals surface area contributed by atoms with E-state index < -0.39 is 5.60 Å². The summed E-state index contributed by atoms with van der Waals surface area (Å²) in [6.07, 6.45) is 11.9. The van der Waals surface area contributed by atoms with E-state index in [9.17, 15) is 5.11 Å². The molecule has 5 atom stereocenters. The average Bonchev–Trinajstić information content (AvgIpc) is 2.75. The Morgan fingerprint density at radius 1 is 1.23 bits per heavy atom. The zero-order valence-corrected chi connectivity index (χ0v) is 21.5. The van der Waals surface area contributed by atoms with E-state index in [1.807, 2.05) is 18.3 Å². The summed E-state index contributed by atoms with van der Waals surface area (Å²) in [6.45, 7) is 12.0. The molecule has 159 valence electrons. The van der Waals surface area contributed by atoms with Crippen LogP contribution in [0, 0.1) is 36.8 Å². The summed E-state index contributed by atoms with van der Waals surface area (Å²) in [4.78, 5) is 7.83. The van der Waals surface area contributed by atoms with Gasteiger partial charge in [0.05, 0.1) is 12.2 Å². The van der Waals surface area contributed by atoms with Crippen molar-refractivity contribution in [3.63, 3.8) is 0 Å². The monoisotopic (exact) mass is 488 g/mol. The fraction of sp³-hybridized carbons (Fsp3) is 0.556. The topological polar surface area (TPSA) is 37.5 Å². The molecule has 3 aliphatic rings. The SMILES string of the molecule is [C-]#[N+]c1ccc2c(c1C)CCC1C2CC[C@@]2(C)C1CCC[C@@]2(O)Cc1[c-]cncc1.[Y]. The first-order valence-electron chi connectivity index (χ1n) is 11.5. The normalized spacial score (nSPS) is 33.8. The smallest absolute Gasteiger partial charge is 0.190 e. The van der Waals surface area contributed by atoms with E-state index in [1.165, 1.54) is 29.5 Å². The standard InChI is InChI=1S/C27H31N2O.Y/c1-18-20-6-7-23-22(21(20)8-9-25(18)28-3)10-14-26(2)24(23)5-4-13-27(26,30)17-19-11-15-29-16-12-19;/h8-9,11,15-16,22-24,30H,4-7,10,13-14,17H2,1-2H3;/q-1;/t22?,23?,24?,26-,27+;/m0./s1. The molecule has 2 fully saturated rings. The van der Waals surface area contributed by atoms with Crippen LogP contribution < -0.4 is 0 Å². The summed E-state index contributed by atoms with van der Waals surface area (Å²) in [5.74, 6) is 1.79. The van der Waals surface area contributed by atoms with Gasteiger partial charge < -0.3 is 10.1 Å². The van der Waals surface area contributed by atoms with Gasteiger partial charge in [0.15, 0.2) is 5.69 Å². The molecule has 1 heterocycles. The molecule has 3 aliphatic carbocycles. The van der Waals surface area contributed by atoms with Crippen LogP contribution in [0.25, 0.3) is 4.85 Å². The van der Waals surface area contributed by atoms with E-state index in [1.54, 1.807) is 6.20 Å². The maximum absolute atomic E-state index is 12.0. The minimum Gasteiger partial charge on any atom is -0.389 e. The molecule has 0 bridgehead atoms. The molecule has 0 aliphatic heterocycles. The number of hydrogen-bond acceptors (Lipinski definition) is 2. The average molecular weight is 488 g/mol. The van der Waals surface area contributed by atoms with E-state index in [4.69, 9.17) is 6.57 Å². The van der Waals surface area contributed by atoms with E-state index in [0.29, 0.717) is 24.2 Å². The molecule has 0 spiro atoms. The number of hydrogen-bond donors (Lipinski definition) is 1. The van der Waals surface area contributed by atoms with E-state index in [2.05, 4.69) is 35.8 Å². The van der Waals surface area contributed by atoms with Crippen LogP contribution in [0.1, 0.15) is 73.6 Å². The minimum absolute atomic E-state index is 0. The summed E-state index contributed by atoms with van der Waals surface area (Å²) >= 11 is 0. The Kier molecular flexibility index (Phi) is 6.48. The second-order valence-corrected chi connectivity index (χ2v) is 10.1. The van der Waals surface area contributed by atoms with Gasteiger partial charge in [0.2, 0.25) is 0 Å². The molecular formula is C27H31N2OY-. The van der Waals surface area contributed by atoms with Gasteiger partial charge in [-0.3, -0.25) is 0 Å². The fourth-order valence-electron chi connectivity index (χ4n) is 7.34. The van der Waals surface area contributed by atoms with E-state index >= 15 is 0 Å². The minimum atomic E-state index is -0.664. The molecule has 1 aromatic heterocycles. The van der Waals surface area contributed by atoms with Crippen molar-refractivity contribution in [2.75, 3.05) is 0 Å². The summed E-state index contributed by atoms with van der Waals surface area (Å²) in [7, 11) is 0. The molecule has 2 aromatic rings. The number of benzene rings is 1. The molecule has 1 N–H and O–H groups in total. The molecule has 1 aromatic carbocycles. The van der Waals surface area contributed by atoms with Crippen molar-refractivity contribution in [1.29, 1.82) is 0 Å². The van der Waals surface area contributed by atoms with Crippen molar-refractivity contribution < 1.29 is 37.8 Å². The van der Waals surface area contributed by atoms with Crippen LogP contribution in [0.15, 0.2) is 30.6 Å². The summed E-state index contributed by atoms with van der Waals surface area (Å²) < 4.78 is 0. The van der Waals surface area contributed by atoms with Crippen molar-refractivity contribution >= 4 is 5.69 Å². The second-order valence-electron chi connectivity index (χ2n) is 10.1. The van der Waals surface area contributed by atoms with E-state index in [0.717, 1.165) is 43.4 Å². The van der Waals surface area contributed by atoms with Gasteiger partial charge in [-0.15, -0.1) is 0 Å². The van der Waals surface area contributed by atoms with Gasteiger partial charge in [-0.1, -0.05) is 43.4 Å².